The second kappa shape index (κ2) is 5.79. The molecule has 0 aliphatic carbocycles. The van der Waals surface area contributed by atoms with Crippen LogP contribution in [0.1, 0.15) is 30.1 Å². The summed E-state index contributed by atoms with van der Waals surface area (Å²) in [5.74, 6) is -1.48. The molecule has 0 atom stereocenters. The largest absolute Gasteiger partial charge is 0.481 e. The first-order valence-electron chi connectivity index (χ1n) is 5.11. The van der Waals surface area contributed by atoms with E-state index in [4.69, 9.17) is 5.11 Å². The minimum atomic E-state index is -1.00. The van der Waals surface area contributed by atoms with E-state index in [0.29, 0.717) is 11.3 Å². The molecule has 0 heterocycles. The fourth-order valence-corrected chi connectivity index (χ4v) is 1.34. The first-order chi connectivity index (χ1) is 7.99. The number of hydrogen-bond donors (Lipinski definition) is 2. The van der Waals surface area contributed by atoms with Crippen LogP contribution in [0.2, 0.25) is 0 Å². The molecule has 90 valence electrons. The number of amides is 1. The van der Waals surface area contributed by atoms with Gasteiger partial charge in [-0.2, -0.15) is 0 Å². The number of nitrogens with one attached hydrogen (secondary N) is 1. The summed E-state index contributed by atoms with van der Waals surface area (Å²) in [5, 5.41) is 11.0. The maximum atomic E-state index is 11.6. The molecule has 0 aliphatic rings. The number of rotatable bonds is 5. The van der Waals surface area contributed by atoms with Gasteiger partial charge < -0.3 is 10.4 Å². The molecule has 0 fully saturated rings. The average Bonchev–Trinajstić information content (AvgIpc) is 2.25. The molecule has 0 spiro atoms. The Hall–Kier alpha value is -2.17. The maximum Gasteiger partial charge on any atom is 0.303 e. The summed E-state index contributed by atoms with van der Waals surface area (Å²) >= 11 is 0. The van der Waals surface area contributed by atoms with Crippen LogP contribution in [-0.4, -0.2) is 22.8 Å². The molecular formula is C12H13NO4. The molecule has 0 bridgehead atoms. The van der Waals surface area contributed by atoms with E-state index in [1.165, 1.54) is 13.0 Å². The summed E-state index contributed by atoms with van der Waals surface area (Å²) in [6.07, 6.45) is -0.234. The second-order valence-electron chi connectivity index (χ2n) is 3.58. The standard InChI is InChI=1S/C12H13NO4/c1-8(14)13-10-4-2-3-9(7-10)11(15)5-6-12(16)17/h2-4,7H,5-6H2,1H3,(H,13,14)(H,16,17). The van der Waals surface area contributed by atoms with E-state index in [1.54, 1.807) is 18.2 Å². The highest BCUT2D eigenvalue weighted by Crippen LogP contribution is 2.13. The van der Waals surface area contributed by atoms with E-state index in [-0.39, 0.29) is 24.5 Å². The van der Waals surface area contributed by atoms with Gasteiger partial charge in [0.15, 0.2) is 5.78 Å². The van der Waals surface area contributed by atoms with E-state index in [0.717, 1.165) is 0 Å². The van der Waals surface area contributed by atoms with Crippen molar-refractivity contribution in [1.82, 2.24) is 0 Å². The van der Waals surface area contributed by atoms with Gasteiger partial charge >= 0.3 is 5.97 Å². The monoisotopic (exact) mass is 235 g/mol. The molecule has 0 aromatic heterocycles. The lowest BCUT2D eigenvalue weighted by molar-refractivity contribution is -0.137. The van der Waals surface area contributed by atoms with Crippen molar-refractivity contribution in [3.8, 4) is 0 Å². The zero-order valence-corrected chi connectivity index (χ0v) is 9.40. The number of aliphatic carboxylic acids is 1. The summed E-state index contributed by atoms with van der Waals surface area (Å²) in [6.45, 7) is 1.37. The topological polar surface area (TPSA) is 83.5 Å². The molecule has 1 amide bonds. The molecular weight excluding hydrogens is 222 g/mol. The molecule has 17 heavy (non-hydrogen) atoms. The van der Waals surface area contributed by atoms with E-state index in [9.17, 15) is 14.4 Å². The fourth-order valence-electron chi connectivity index (χ4n) is 1.34. The fraction of sp³-hybridized carbons (Fsp3) is 0.250. The van der Waals surface area contributed by atoms with Crippen molar-refractivity contribution < 1.29 is 19.5 Å². The molecule has 1 aromatic carbocycles. The van der Waals surface area contributed by atoms with Gasteiger partial charge in [0.05, 0.1) is 6.42 Å². The predicted octanol–water partition coefficient (Wildman–Crippen LogP) is 1.69. The second-order valence-corrected chi connectivity index (χ2v) is 3.58. The van der Waals surface area contributed by atoms with Gasteiger partial charge in [-0.3, -0.25) is 14.4 Å². The molecule has 1 rings (SSSR count). The number of carboxylic acids is 1. The normalized spacial score (nSPS) is 9.71. The van der Waals surface area contributed by atoms with Crippen molar-refractivity contribution in [1.29, 1.82) is 0 Å². The summed E-state index contributed by atoms with van der Waals surface area (Å²) < 4.78 is 0. The zero-order valence-electron chi connectivity index (χ0n) is 9.40. The number of carbonyl (C=O) groups excluding carboxylic acids is 2. The Bertz CT molecular complexity index is 454. The van der Waals surface area contributed by atoms with Gasteiger partial charge in [0, 0.05) is 24.6 Å². The van der Waals surface area contributed by atoms with E-state index in [1.807, 2.05) is 0 Å². The lowest BCUT2D eigenvalue weighted by atomic mass is 10.1. The van der Waals surface area contributed by atoms with Gasteiger partial charge in [-0.25, -0.2) is 0 Å². The highest BCUT2D eigenvalue weighted by atomic mass is 16.4. The third-order valence-electron chi connectivity index (χ3n) is 2.07. The van der Waals surface area contributed by atoms with Crippen molar-refractivity contribution in [2.75, 3.05) is 5.32 Å². The molecule has 0 radical (unpaired) electrons. The summed E-state index contributed by atoms with van der Waals surface area (Å²) in [4.78, 5) is 32.8. The lowest BCUT2D eigenvalue weighted by Crippen LogP contribution is -2.08. The Labute approximate surface area is 98.4 Å². The zero-order chi connectivity index (χ0) is 12.8. The van der Waals surface area contributed by atoms with Crippen molar-refractivity contribution >= 4 is 23.3 Å². The Morgan fingerprint density at radius 2 is 1.94 bits per heavy atom. The van der Waals surface area contributed by atoms with Gasteiger partial charge in [0.1, 0.15) is 0 Å². The van der Waals surface area contributed by atoms with Crippen LogP contribution >= 0.6 is 0 Å². The number of Topliss-reactive ketones (excluding diaryl/α,β-unsaturated/α-hetero) is 1. The quantitative estimate of drug-likeness (QED) is 0.761. The molecule has 0 saturated carbocycles. The van der Waals surface area contributed by atoms with Crippen LogP contribution in [0.25, 0.3) is 0 Å². The number of ketones is 1. The number of anilines is 1. The van der Waals surface area contributed by atoms with Gasteiger partial charge in [0.2, 0.25) is 5.91 Å². The minimum Gasteiger partial charge on any atom is -0.481 e. The van der Waals surface area contributed by atoms with Crippen LogP contribution in [0.15, 0.2) is 24.3 Å². The first kappa shape index (κ1) is 12.9. The van der Waals surface area contributed by atoms with Gasteiger partial charge in [-0.15, -0.1) is 0 Å². The lowest BCUT2D eigenvalue weighted by Gasteiger charge is -2.04. The van der Waals surface area contributed by atoms with Crippen LogP contribution < -0.4 is 5.32 Å². The van der Waals surface area contributed by atoms with Gasteiger partial charge in [0.25, 0.3) is 0 Å². The Kier molecular flexibility index (Phi) is 4.39. The molecule has 0 aliphatic heterocycles. The van der Waals surface area contributed by atoms with Crippen LogP contribution in [0.4, 0.5) is 5.69 Å². The van der Waals surface area contributed by atoms with Crippen LogP contribution in [0, 0.1) is 0 Å². The van der Waals surface area contributed by atoms with E-state index in [2.05, 4.69) is 5.32 Å². The van der Waals surface area contributed by atoms with Crippen molar-refractivity contribution in [2.24, 2.45) is 0 Å². The molecule has 0 unspecified atom stereocenters. The Morgan fingerprint density at radius 1 is 1.24 bits per heavy atom. The first-order valence-corrected chi connectivity index (χ1v) is 5.11. The summed E-state index contributed by atoms with van der Waals surface area (Å²) in [6, 6.07) is 6.43. The third-order valence-corrected chi connectivity index (χ3v) is 2.07. The number of carboxylic acid groups (broad SMARTS) is 1. The van der Waals surface area contributed by atoms with Gasteiger partial charge in [-0.05, 0) is 12.1 Å². The summed E-state index contributed by atoms with van der Waals surface area (Å²) in [5.41, 5.74) is 0.927. The molecule has 0 saturated heterocycles. The molecule has 5 nitrogen and oxygen atoms in total. The van der Waals surface area contributed by atoms with Crippen molar-refractivity contribution in [2.45, 2.75) is 19.8 Å². The molecule has 1 aromatic rings. The molecule has 2 N–H and O–H groups in total. The highest BCUT2D eigenvalue weighted by Gasteiger charge is 2.09. The summed E-state index contributed by atoms with van der Waals surface area (Å²) in [7, 11) is 0. The SMILES string of the molecule is CC(=O)Nc1cccc(C(=O)CCC(=O)O)c1. The number of carbonyl (C=O) groups is 3. The van der Waals surface area contributed by atoms with Crippen LogP contribution in [0.3, 0.4) is 0 Å². The van der Waals surface area contributed by atoms with Crippen LogP contribution in [-0.2, 0) is 9.59 Å². The average molecular weight is 235 g/mol. The Balaban J connectivity index is 2.73. The van der Waals surface area contributed by atoms with E-state index >= 15 is 0 Å². The number of hydrogen-bond acceptors (Lipinski definition) is 3. The smallest absolute Gasteiger partial charge is 0.303 e. The maximum absolute atomic E-state index is 11.6. The number of benzene rings is 1. The van der Waals surface area contributed by atoms with Crippen molar-refractivity contribution in [3.05, 3.63) is 29.8 Å². The Morgan fingerprint density at radius 3 is 2.53 bits per heavy atom. The third kappa shape index (κ3) is 4.46. The van der Waals surface area contributed by atoms with Crippen molar-refractivity contribution in [3.63, 3.8) is 0 Å². The van der Waals surface area contributed by atoms with Crippen LogP contribution in [0.5, 0.6) is 0 Å². The predicted molar refractivity (Wildman–Crippen MR) is 61.9 cm³/mol. The van der Waals surface area contributed by atoms with E-state index < -0.39 is 5.97 Å². The highest BCUT2D eigenvalue weighted by molar-refractivity contribution is 5.99. The molecule has 5 heteroatoms. The van der Waals surface area contributed by atoms with Gasteiger partial charge in [-0.1, -0.05) is 12.1 Å². The minimum absolute atomic E-state index is 0.0428.